The molecule has 0 saturated heterocycles. The summed E-state index contributed by atoms with van der Waals surface area (Å²) in [4.78, 5) is 20.4. The van der Waals surface area contributed by atoms with Crippen molar-refractivity contribution in [1.29, 1.82) is 0 Å². The highest BCUT2D eigenvalue weighted by Gasteiger charge is 2.32. The van der Waals surface area contributed by atoms with Gasteiger partial charge in [-0.25, -0.2) is 4.39 Å². The van der Waals surface area contributed by atoms with Crippen molar-refractivity contribution in [1.82, 2.24) is 4.90 Å². The van der Waals surface area contributed by atoms with Crippen molar-refractivity contribution in [3.05, 3.63) is 71.5 Å². The third-order valence-electron chi connectivity index (χ3n) is 5.32. The van der Waals surface area contributed by atoms with Crippen LogP contribution in [0.5, 0.6) is 0 Å². The second-order valence-corrected chi connectivity index (χ2v) is 7.31. The molecule has 1 fully saturated rings. The van der Waals surface area contributed by atoms with E-state index in [-0.39, 0.29) is 23.7 Å². The van der Waals surface area contributed by atoms with Crippen molar-refractivity contribution >= 4 is 11.6 Å². The molecule has 1 aliphatic heterocycles. The van der Waals surface area contributed by atoms with Gasteiger partial charge < -0.3 is 9.74 Å². The number of nitrogens with zero attached hydrogens (tertiary/aromatic N) is 2. The molecule has 1 atom stereocenters. The average Bonchev–Trinajstić information content (AvgIpc) is 3.11. The number of halogens is 1. The Labute approximate surface area is 158 Å². The predicted octanol–water partition coefficient (Wildman–Crippen LogP) is 4.15. The van der Waals surface area contributed by atoms with Crippen molar-refractivity contribution in [3.63, 3.8) is 0 Å². The van der Waals surface area contributed by atoms with Gasteiger partial charge in [0.25, 0.3) is 0 Å². The second kappa shape index (κ2) is 7.91. The van der Waals surface area contributed by atoms with Crippen LogP contribution in [0.3, 0.4) is 0 Å². The van der Waals surface area contributed by atoms with Crippen molar-refractivity contribution in [2.45, 2.75) is 38.3 Å². The van der Waals surface area contributed by atoms with Gasteiger partial charge in [0, 0.05) is 18.9 Å². The molecule has 0 N–H and O–H groups in total. The van der Waals surface area contributed by atoms with Crippen LogP contribution in [0.1, 0.15) is 36.8 Å². The molecule has 1 heterocycles. The van der Waals surface area contributed by atoms with Crippen LogP contribution in [-0.2, 0) is 16.2 Å². The Morgan fingerprint density at radius 3 is 2.52 bits per heavy atom. The van der Waals surface area contributed by atoms with Gasteiger partial charge in [0.1, 0.15) is 5.82 Å². The Balaban J connectivity index is 1.43. The lowest BCUT2D eigenvalue weighted by molar-refractivity contribution is -0.140. The van der Waals surface area contributed by atoms with E-state index in [4.69, 9.17) is 4.84 Å². The van der Waals surface area contributed by atoms with E-state index in [1.165, 1.54) is 12.1 Å². The smallest absolute Gasteiger partial charge is 0.226 e. The lowest BCUT2D eigenvalue weighted by Crippen LogP contribution is -2.42. The minimum absolute atomic E-state index is 0.112. The maximum Gasteiger partial charge on any atom is 0.226 e. The van der Waals surface area contributed by atoms with E-state index in [0.29, 0.717) is 19.5 Å². The van der Waals surface area contributed by atoms with E-state index in [0.717, 1.165) is 36.1 Å². The van der Waals surface area contributed by atoms with E-state index in [9.17, 15) is 9.18 Å². The molecule has 2 aliphatic rings. The topological polar surface area (TPSA) is 41.9 Å². The molecule has 1 amide bonds. The normalized spacial score (nSPS) is 19.1. The molecule has 4 rings (SSSR count). The van der Waals surface area contributed by atoms with Gasteiger partial charge in [0.15, 0.2) is 6.10 Å². The number of amides is 1. The zero-order valence-corrected chi connectivity index (χ0v) is 15.2. The fourth-order valence-corrected chi connectivity index (χ4v) is 3.53. The van der Waals surface area contributed by atoms with Gasteiger partial charge >= 0.3 is 0 Å². The Morgan fingerprint density at radius 1 is 1.11 bits per heavy atom. The van der Waals surface area contributed by atoms with E-state index in [1.807, 2.05) is 35.2 Å². The van der Waals surface area contributed by atoms with Crippen LogP contribution in [0, 0.1) is 11.7 Å². The number of carbonyl (C=O) groups is 1. The van der Waals surface area contributed by atoms with Crippen LogP contribution < -0.4 is 0 Å². The van der Waals surface area contributed by atoms with E-state index >= 15 is 0 Å². The van der Waals surface area contributed by atoms with Crippen molar-refractivity contribution in [2.24, 2.45) is 11.1 Å². The van der Waals surface area contributed by atoms with Crippen LogP contribution in [0.2, 0.25) is 0 Å². The fraction of sp³-hybridized carbons (Fsp3) is 0.364. The summed E-state index contributed by atoms with van der Waals surface area (Å²) in [6, 6.07) is 16.3. The van der Waals surface area contributed by atoms with Gasteiger partial charge in [-0.3, -0.25) is 4.79 Å². The summed E-state index contributed by atoms with van der Waals surface area (Å²) in [5.41, 5.74) is 2.89. The molecule has 0 spiro atoms. The van der Waals surface area contributed by atoms with Crippen LogP contribution in [0.4, 0.5) is 4.39 Å². The van der Waals surface area contributed by atoms with Crippen LogP contribution >= 0.6 is 0 Å². The highest BCUT2D eigenvalue weighted by atomic mass is 19.1. The SMILES string of the molecule is O=C(C1CCC1)N(Cc1ccc(F)cc1)CC1CC(c2ccccc2)=NO1. The minimum atomic E-state index is -0.268. The fourth-order valence-electron chi connectivity index (χ4n) is 3.53. The number of rotatable bonds is 6. The zero-order chi connectivity index (χ0) is 18.6. The summed E-state index contributed by atoms with van der Waals surface area (Å²) < 4.78 is 13.2. The number of hydrogen-bond donors (Lipinski definition) is 0. The first-order chi connectivity index (χ1) is 13.2. The number of benzene rings is 2. The summed E-state index contributed by atoms with van der Waals surface area (Å²) in [6.45, 7) is 0.961. The Kier molecular flexibility index (Phi) is 5.19. The molecule has 2 aromatic rings. The van der Waals surface area contributed by atoms with Gasteiger partial charge in [-0.2, -0.15) is 0 Å². The molecule has 0 radical (unpaired) electrons. The van der Waals surface area contributed by atoms with E-state index in [2.05, 4.69) is 5.16 Å². The molecule has 27 heavy (non-hydrogen) atoms. The minimum Gasteiger partial charge on any atom is -0.390 e. The molecule has 1 saturated carbocycles. The van der Waals surface area contributed by atoms with E-state index < -0.39 is 0 Å². The quantitative estimate of drug-likeness (QED) is 0.771. The van der Waals surface area contributed by atoms with E-state index in [1.54, 1.807) is 12.1 Å². The first kappa shape index (κ1) is 17.7. The number of oxime groups is 1. The maximum absolute atomic E-state index is 13.2. The molecule has 5 heteroatoms. The summed E-state index contributed by atoms with van der Waals surface area (Å²) in [7, 11) is 0. The molecule has 0 aromatic heterocycles. The second-order valence-electron chi connectivity index (χ2n) is 7.31. The molecule has 1 unspecified atom stereocenters. The predicted molar refractivity (Wildman–Crippen MR) is 102 cm³/mol. The summed E-state index contributed by atoms with van der Waals surface area (Å²) in [5, 5.41) is 4.23. The summed E-state index contributed by atoms with van der Waals surface area (Å²) in [5.74, 6) is 0.0133. The van der Waals surface area contributed by atoms with Gasteiger partial charge in [-0.05, 0) is 36.1 Å². The Bertz CT molecular complexity index is 816. The molecule has 4 nitrogen and oxygen atoms in total. The van der Waals surface area contributed by atoms with Crippen molar-refractivity contribution < 1.29 is 14.0 Å². The Hall–Kier alpha value is -2.69. The third kappa shape index (κ3) is 4.18. The van der Waals surface area contributed by atoms with Gasteiger partial charge in [-0.15, -0.1) is 0 Å². The standard InChI is InChI=1S/C22H23FN2O2/c23-19-11-9-16(10-12-19)14-25(22(26)18-7-4-8-18)15-20-13-21(24-27-20)17-5-2-1-3-6-17/h1-3,5-6,9-12,18,20H,4,7-8,13-15H2. The zero-order valence-electron chi connectivity index (χ0n) is 15.2. The lowest BCUT2D eigenvalue weighted by atomic mass is 9.84. The van der Waals surface area contributed by atoms with Crippen molar-refractivity contribution in [2.75, 3.05) is 6.54 Å². The first-order valence-electron chi connectivity index (χ1n) is 9.50. The van der Waals surface area contributed by atoms with Crippen LogP contribution in [0.15, 0.2) is 59.8 Å². The molecule has 140 valence electrons. The monoisotopic (exact) mass is 366 g/mol. The largest absolute Gasteiger partial charge is 0.390 e. The molecule has 2 aromatic carbocycles. The molecule has 1 aliphatic carbocycles. The van der Waals surface area contributed by atoms with Crippen LogP contribution in [-0.4, -0.2) is 29.2 Å². The van der Waals surface area contributed by atoms with Gasteiger partial charge in [0.05, 0.1) is 12.3 Å². The number of carbonyl (C=O) groups excluding carboxylic acids is 1. The lowest BCUT2D eigenvalue weighted by Gasteiger charge is -2.32. The molecular weight excluding hydrogens is 343 g/mol. The first-order valence-corrected chi connectivity index (χ1v) is 9.50. The highest BCUT2D eigenvalue weighted by molar-refractivity contribution is 6.01. The van der Waals surface area contributed by atoms with Gasteiger partial charge in [0.2, 0.25) is 5.91 Å². The average molecular weight is 366 g/mol. The van der Waals surface area contributed by atoms with Crippen molar-refractivity contribution in [3.8, 4) is 0 Å². The number of hydrogen-bond acceptors (Lipinski definition) is 3. The molecule has 0 bridgehead atoms. The van der Waals surface area contributed by atoms with Gasteiger partial charge in [-0.1, -0.05) is 54.0 Å². The summed E-state index contributed by atoms with van der Waals surface area (Å²) in [6.07, 6.45) is 3.56. The highest BCUT2D eigenvalue weighted by Crippen LogP contribution is 2.29. The third-order valence-corrected chi connectivity index (χ3v) is 5.32. The van der Waals surface area contributed by atoms with Crippen LogP contribution in [0.25, 0.3) is 0 Å². The molecular formula is C22H23FN2O2. The maximum atomic E-state index is 13.2. The Morgan fingerprint density at radius 2 is 1.85 bits per heavy atom. The summed E-state index contributed by atoms with van der Waals surface area (Å²) >= 11 is 0.